The Morgan fingerprint density at radius 2 is 1.35 bits per heavy atom. The van der Waals surface area contributed by atoms with Crippen molar-refractivity contribution in [1.82, 2.24) is 0 Å². The van der Waals surface area contributed by atoms with Crippen LogP contribution in [0.25, 0.3) is 0 Å². The second-order valence-electron chi connectivity index (χ2n) is 6.85. The molecule has 2 heteroatoms. The molecule has 1 N–H and O–H groups in total. The maximum absolute atomic E-state index is 10.3. The molecular formula is C21H37ClO. The summed E-state index contributed by atoms with van der Waals surface area (Å²) in [6.07, 6.45) is 13.9. The van der Waals surface area contributed by atoms with Crippen LogP contribution < -0.4 is 0 Å². The third-order valence-electron chi connectivity index (χ3n) is 4.66. The van der Waals surface area contributed by atoms with E-state index in [-0.39, 0.29) is 18.5 Å². The SMILES string of the molecule is CCCCCCCCCCCC(O)C(C)Cc1ccccc1.Cl. The van der Waals surface area contributed by atoms with Gasteiger partial charge in [-0.1, -0.05) is 102 Å². The van der Waals surface area contributed by atoms with Crippen molar-refractivity contribution in [2.45, 2.75) is 90.6 Å². The van der Waals surface area contributed by atoms with Gasteiger partial charge in [-0.2, -0.15) is 0 Å². The number of unbranched alkanes of at least 4 members (excludes halogenated alkanes) is 8. The number of rotatable bonds is 13. The lowest BCUT2D eigenvalue weighted by Gasteiger charge is -2.18. The van der Waals surface area contributed by atoms with Crippen LogP contribution in [0, 0.1) is 5.92 Å². The molecule has 0 saturated carbocycles. The summed E-state index contributed by atoms with van der Waals surface area (Å²) in [6.45, 7) is 4.44. The third-order valence-corrected chi connectivity index (χ3v) is 4.66. The zero-order chi connectivity index (χ0) is 16.0. The Morgan fingerprint density at radius 1 is 0.826 bits per heavy atom. The van der Waals surface area contributed by atoms with Crippen molar-refractivity contribution in [1.29, 1.82) is 0 Å². The van der Waals surface area contributed by atoms with Crippen LogP contribution in [0.5, 0.6) is 0 Å². The first kappa shape index (κ1) is 22.5. The van der Waals surface area contributed by atoms with Crippen LogP contribution in [0.4, 0.5) is 0 Å². The lowest BCUT2D eigenvalue weighted by Crippen LogP contribution is -2.19. The largest absolute Gasteiger partial charge is 0.393 e. The molecule has 0 fully saturated rings. The predicted molar refractivity (Wildman–Crippen MR) is 104 cm³/mol. The first-order valence-corrected chi connectivity index (χ1v) is 9.46. The zero-order valence-corrected chi connectivity index (χ0v) is 16.0. The Morgan fingerprint density at radius 3 is 1.91 bits per heavy atom. The highest BCUT2D eigenvalue weighted by atomic mass is 35.5. The summed E-state index contributed by atoms with van der Waals surface area (Å²) >= 11 is 0. The molecule has 1 aromatic rings. The molecule has 2 atom stereocenters. The van der Waals surface area contributed by atoms with Gasteiger partial charge in [0.2, 0.25) is 0 Å². The van der Waals surface area contributed by atoms with Gasteiger partial charge < -0.3 is 5.11 Å². The predicted octanol–water partition coefficient (Wildman–Crippen LogP) is 6.57. The molecule has 0 aliphatic carbocycles. The highest BCUT2D eigenvalue weighted by Crippen LogP contribution is 2.17. The minimum absolute atomic E-state index is 0. The molecule has 1 rings (SSSR count). The van der Waals surface area contributed by atoms with Crippen molar-refractivity contribution in [2.75, 3.05) is 0 Å². The smallest absolute Gasteiger partial charge is 0.0568 e. The summed E-state index contributed by atoms with van der Waals surface area (Å²) in [5.74, 6) is 0.358. The molecule has 0 aliphatic rings. The van der Waals surface area contributed by atoms with Gasteiger partial charge in [-0.05, 0) is 24.3 Å². The number of hydrogen-bond donors (Lipinski definition) is 1. The van der Waals surface area contributed by atoms with Crippen LogP contribution in [0.1, 0.15) is 83.6 Å². The lowest BCUT2D eigenvalue weighted by atomic mass is 9.92. The average Bonchev–Trinajstić information content (AvgIpc) is 2.54. The number of hydrogen-bond acceptors (Lipinski definition) is 1. The highest BCUT2D eigenvalue weighted by Gasteiger charge is 2.14. The standard InChI is InChI=1S/C21H36O.ClH/c1-3-4-5-6-7-8-9-10-14-17-21(22)19(2)18-20-15-12-11-13-16-20;/h11-13,15-16,19,21-22H,3-10,14,17-18H2,1-2H3;1H. The van der Waals surface area contributed by atoms with Crippen molar-refractivity contribution in [3.63, 3.8) is 0 Å². The fourth-order valence-corrected chi connectivity index (χ4v) is 3.07. The van der Waals surface area contributed by atoms with Crippen LogP contribution in [0.3, 0.4) is 0 Å². The van der Waals surface area contributed by atoms with Gasteiger partial charge in [-0.15, -0.1) is 12.4 Å². The minimum Gasteiger partial charge on any atom is -0.393 e. The van der Waals surface area contributed by atoms with Gasteiger partial charge in [0.1, 0.15) is 0 Å². The Hall–Kier alpha value is -0.530. The Labute approximate surface area is 150 Å². The van der Waals surface area contributed by atoms with E-state index in [1.807, 2.05) is 6.07 Å². The second kappa shape index (κ2) is 15.0. The molecule has 1 nitrogen and oxygen atoms in total. The molecule has 0 amide bonds. The van der Waals surface area contributed by atoms with Crippen LogP contribution in [-0.2, 0) is 6.42 Å². The Bertz CT molecular complexity index is 352. The molecule has 23 heavy (non-hydrogen) atoms. The summed E-state index contributed by atoms with van der Waals surface area (Å²) in [5, 5.41) is 10.3. The molecule has 0 bridgehead atoms. The van der Waals surface area contributed by atoms with E-state index in [4.69, 9.17) is 0 Å². The van der Waals surface area contributed by atoms with Gasteiger partial charge in [0.25, 0.3) is 0 Å². The summed E-state index contributed by atoms with van der Waals surface area (Å²) in [7, 11) is 0. The highest BCUT2D eigenvalue weighted by molar-refractivity contribution is 5.85. The molecule has 0 aromatic heterocycles. The maximum Gasteiger partial charge on any atom is 0.0568 e. The normalized spacial score (nSPS) is 13.3. The van der Waals surface area contributed by atoms with Gasteiger partial charge in [0, 0.05) is 0 Å². The summed E-state index contributed by atoms with van der Waals surface area (Å²) in [6, 6.07) is 10.5. The first-order chi connectivity index (χ1) is 10.7. The summed E-state index contributed by atoms with van der Waals surface area (Å²) < 4.78 is 0. The number of halogens is 1. The van der Waals surface area contributed by atoms with E-state index in [0.717, 1.165) is 12.8 Å². The van der Waals surface area contributed by atoms with Gasteiger partial charge >= 0.3 is 0 Å². The molecule has 2 unspecified atom stereocenters. The molecule has 0 spiro atoms. The number of aliphatic hydroxyl groups is 1. The molecule has 1 aromatic carbocycles. The van der Waals surface area contributed by atoms with Crippen LogP contribution in [0.2, 0.25) is 0 Å². The molecular weight excluding hydrogens is 304 g/mol. The van der Waals surface area contributed by atoms with Gasteiger partial charge in [0.05, 0.1) is 6.10 Å². The fraction of sp³-hybridized carbons (Fsp3) is 0.714. The molecule has 134 valence electrons. The monoisotopic (exact) mass is 340 g/mol. The van der Waals surface area contributed by atoms with E-state index in [1.54, 1.807) is 0 Å². The topological polar surface area (TPSA) is 20.2 Å². The number of aliphatic hydroxyl groups excluding tert-OH is 1. The molecule has 0 saturated heterocycles. The first-order valence-electron chi connectivity index (χ1n) is 9.46. The van der Waals surface area contributed by atoms with Gasteiger partial charge in [-0.25, -0.2) is 0 Å². The van der Waals surface area contributed by atoms with E-state index >= 15 is 0 Å². The van der Waals surface area contributed by atoms with Crippen molar-refractivity contribution in [2.24, 2.45) is 5.92 Å². The Balaban J connectivity index is 0.00000484. The van der Waals surface area contributed by atoms with Crippen LogP contribution in [0.15, 0.2) is 30.3 Å². The number of benzene rings is 1. The van der Waals surface area contributed by atoms with E-state index in [0.29, 0.717) is 5.92 Å². The second-order valence-corrected chi connectivity index (χ2v) is 6.85. The zero-order valence-electron chi connectivity index (χ0n) is 15.2. The lowest BCUT2D eigenvalue weighted by molar-refractivity contribution is 0.104. The van der Waals surface area contributed by atoms with Gasteiger partial charge in [-0.3, -0.25) is 0 Å². The molecule has 0 heterocycles. The van der Waals surface area contributed by atoms with Crippen molar-refractivity contribution >= 4 is 12.4 Å². The summed E-state index contributed by atoms with van der Waals surface area (Å²) in [4.78, 5) is 0. The van der Waals surface area contributed by atoms with Crippen LogP contribution >= 0.6 is 12.4 Å². The minimum atomic E-state index is -0.148. The van der Waals surface area contributed by atoms with Crippen molar-refractivity contribution in [3.8, 4) is 0 Å². The maximum atomic E-state index is 10.3. The van der Waals surface area contributed by atoms with E-state index in [2.05, 4.69) is 38.1 Å². The summed E-state index contributed by atoms with van der Waals surface area (Å²) in [5.41, 5.74) is 1.33. The fourth-order valence-electron chi connectivity index (χ4n) is 3.07. The van der Waals surface area contributed by atoms with Crippen molar-refractivity contribution in [3.05, 3.63) is 35.9 Å². The van der Waals surface area contributed by atoms with E-state index in [9.17, 15) is 5.11 Å². The average molecular weight is 341 g/mol. The third kappa shape index (κ3) is 11.6. The van der Waals surface area contributed by atoms with E-state index in [1.165, 1.54) is 63.4 Å². The molecule has 0 radical (unpaired) electrons. The van der Waals surface area contributed by atoms with E-state index < -0.39 is 0 Å². The van der Waals surface area contributed by atoms with Gasteiger partial charge in [0.15, 0.2) is 0 Å². The quantitative estimate of drug-likeness (QED) is 0.402. The molecule has 0 aliphatic heterocycles. The van der Waals surface area contributed by atoms with Crippen molar-refractivity contribution < 1.29 is 5.11 Å². The van der Waals surface area contributed by atoms with Crippen LogP contribution in [-0.4, -0.2) is 11.2 Å². The Kier molecular flexibility index (Phi) is 14.7.